The maximum atomic E-state index is 12.4. The van der Waals surface area contributed by atoms with Crippen molar-refractivity contribution in [3.63, 3.8) is 0 Å². The number of amides is 1. The summed E-state index contributed by atoms with van der Waals surface area (Å²) in [5.41, 5.74) is 1.05. The molecule has 1 aliphatic heterocycles. The van der Waals surface area contributed by atoms with Crippen molar-refractivity contribution in [2.75, 3.05) is 18.5 Å². The predicted octanol–water partition coefficient (Wildman–Crippen LogP) is 4.78. The van der Waals surface area contributed by atoms with E-state index in [0.717, 1.165) is 19.4 Å². The van der Waals surface area contributed by atoms with Crippen LogP contribution in [0.2, 0.25) is 0 Å². The molecule has 6 nitrogen and oxygen atoms in total. The molecule has 1 aromatic heterocycles. The third-order valence-corrected chi connectivity index (χ3v) is 5.49. The van der Waals surface area contributed by atoms with Crippen molar-refractivity contribution in [3.8, 4) is 11.5 Å². The first-order valence-electron chi connectivity index (χ1n) is 9.69. The minimum Gasteiger partial charge on any atom is -0.491 e. The topological polar surface area (TPSA) is 73.9 Å². The standard InChI is InChI=1S/C23H21NO5S/c25-22(21-4-2-14-30-21)24-17-7-11-19(12-8-17)29-23(26)16-5-9-18(10-6-16)28-15-20-3-1-13-27-20/h2,4-12,14,20H,1,3,13,15H2,(H,24,25). The largest absolute Gasteiger partial charge is 0.491 e. The monoisotopic (exact) mass is 423 g/mol. The van der Waals surface area contributed by atoms with Crippen LogP contribution in [0.3, 0.4) is 0 Å². The van der Waals surface area contributed by atoms with Gasteiger partial charge in [-0.15, -0.1) is 11.3 Å². The normalized spacial score (nSPS) is 15.5. The fourth-order valence-electron chi connectivity index (χ4n) is 3.02. The highest BCUT2D eigenvalue weighted by Crippen LogP contribution is 2.20. The van der Waals surface area contributed by atoms with E-state index in [4.69, 9.17) is 14.2 Å². The van der Waals surface area contributed by atoms with Gasteiger partial charge in [-0.3, -0.25) is 4.79 Å². The molecule has 4 rings (SSSR count). The second-order valence-corrected chi connectivity index (χ2v) is 7.76. The predicted molar refractivity (Wildman–Crippen MR) is 115 cm³/mol. The molecule has 0 radical (unpaired) electrons. The Balaban J connectivity index is 1.29. The number of hydrogen-bond acceptors (Lipinski definition) is 6. The molecule has 1 saturated heterocycles. The van der Waals surface area contributed by atoms with Gasteiger partial charge >= 0.3 is 5.97 Å². The molecule has 30 heavy (non-hydrogen) atoms. The Hall–Kier alpha value is -3.16. The van der Waals surface area contributed by atoms with Crippen LogP contribution in [0.1, 0.15) is 32.9 Å². The SMILES string of the molecule is O=C(Oc1ccc(NC(=O)c2cccs2)cc1)c1ccc(OCC2CCCO2)cc1. The van der Waals surface area contributed by atoms with Crippen molar-refractivity contribution in [1.82, 2.24) is 0 Å². The molecule has 1 atom stereocenters. The van der Waals surface area contributed by atoms with Gasteiger partial charge in [0.1, 0.15) is 18.1 Å². The van der Waals surface area contributed by atoms with Crippen LogP contribution in [-0.2, 0) is 4.74 Å². The molecular weight excluding hydrogens is 402 g/mol. The Kier molecular flexibility index (Phi) is 6.41. The summed E-state index contributed by atoms with van der Waals surface area (Å²) in [4.78, 5) is 25.1. The summed E-state index contributed by atoms with van der Waals surface area (Å²) < 4.78 is 16.6. The van der Waals surface area contributed by atoms with Crippen molar-refractivity contribution >= 4 is 28.9 Å². The van der Waals surface area contributed by atoms with Crippen molar-refractivity contribution < 1.29 is 23.8 Å². The molecule has 0 spiro atoms. The average Bonchev–Trinajstić information content (AvgIpc) is 3.48. The number of carbonyl (C=O) groups excluding carboxylic acids is 2. The van der Waals surface area contributed by atoms with E-state index in [0.29, 0.717) is 34.2 Å². The first-order valence-corrected chi connectivity index (χ1v) is 10.6. The van der Waals surface area contributed by atoms with Gasteiger partial charge in [-0.25, -0.2) is 4.79 Å². The van der Waals surface area contributed by atoms with Crippen LogP contribution in [0, 0.1) is 0 Å². The van der Waals surface area contributed by atoms with Crippen LogP contribution in [0.25, 0.3) is 0 Å². The summed E-state index contributed by atoms with van der Waals surface area (Å²) in [5.74, 6) is 0.452. The first-order chi connectivity index (χ1) is 14.7. The molecule has 1 unspecified atom stereocenters. The van der Waals surface area contributed by atoms with Crippen LogP contribution >= 0.6 is 11.3 Å². The van der Waals surface area contributed by atoms with E-state index in [1.54, 1.807) is 54.6 Å². The number of benzene rings is 2. The summed E-state index contributed by atoms with van der Waals surface area (Å²) in [6, 6.07) is 17.1. The van der Waals surface area contributed by atoms with E-state index >= 15 is 0 Å². The number of thiophene rings is 1. The van der Waals surface area contributed by atoms with Crippen molar-refractivity contribution in [1.29, 1.82) is 0 Å². The molecule has 1 amide bonds. The van der Waals surface area contributed by atoms with Crippen molar-refractivity contribution in [2.24, 2.45) is 0 Å². The minimum atomic E-state index is -0.462. The number of anilines is 1. The second kappa shape index (κ2) is 9.56. The fraction of sp³-hybridized carbons (Fsp3) is 0.217. The highest BCUT2D eigenvalue weighted by Gasteiger charge is 2.16. The van der Waals surface area contributed by atoms with Gasteiger partial charge in [0.15, 0.2) is 0 Å². The maximum absolute atomic E-state index is 12.4. The minimum absolute atomic E-state index is 0.146. The molecule has 0 bridgehead atoms. The van der Waals surface area contributed by atoms with E-state index in [-0.39, 0.29) is 12.0 Å². The average molecular weight is 423 g/mol. The molecule has 0 saturated carbocycles. The lowest BCUT2D eigenvalue weighted by Gasteiger charge is -2.11. The Morgan fingerprint density at radius 1 is 1.03 bits per heavy atom. The summed E-state index contributed by atoms with van der Waals surface area (Å²) in [7, 11) is 0. The smallest absolute Gasteiger partial charge is 0.343 e. The number of esters is 1. The number of rotatable bonds is 7. The summed E-state index contributed by atoms with van der Waals surface area (Å²) in [5, 5.41) is 4.65. The molecule has 2 aromatic carbocycles. The lowest BCUT2D eigenvalue weighted by molar-refractivity contribution is 0.0678. The van der Waals surface area contributed by atoms with Gasteiger partial charge in [0.05, 0.1) is 16.5 Å². The fourth-order valence-corrected chi connectivity index (χ4v) is 3.64. The van der Waals surface area contributed by atoms with Crippen LogP contribution in [0.15, 0.2) is 66.0 Å². The Morgan fingerprint density at radius 3 is 2.47 bits per heavy atom. The van der Waals surface area contributed by atoms with E-state index in [2.05, 4.69) is 5.32 Å². The van der Waals surface area contributed by atoms with E-state index in [1.807, 2.05) is 11.4 Å². The number of ether oxygens (including phenoxy) is 3. The van der Waals surface area contributed by atoms with E-state index in [9.17, 15) is 9.59 Å². The molecule has 2 heterocycles. The molecule has 1 N–H and O–H groups in total. The number of hydrogen-bond donors (Lipinski definition) is 1. The molecule has 3 aromatic rings. The Morgan fingerprint density at radius 2 is 1.80 bits per heavy atom. The quantitative estimate of drug-likeness (QED) is 0.437. The number of nitrogens with one attached hydrogen (secondary N) is 1. The maximum Gasteiger partial charge on any atom is 0.343 e. The zero-order valence-electron chi connectivity index (χ0n) is 16.2. The van der Waals surface area contributed by atoms with Gasteiger partial charge in [-0.05, 0) is 72.8 Å². The molecule has 1 fully saturated rings. The van der Waals surface area contributed by atoms with Gasteiger partial charge in [0.2, 0.25) is 0 Å². The third kappa shape index (κ3) is 5.25. The van der Waals surface area contributed by atoms with Gasteiger partial charge < -0.3 is 19.5 Å². The number of carbonyl (C=O) groups is 2. The highest BCUT2D eigenvalue weighted by atomic mass is 32.1. The Bertz CT molecular complexity index is 977. The summed E-state index contributed by atoms with van der Waals surface area (Å²) in [6.45, 7) is 1.31. The van der Waals surface area contributed by atoms with Crippen molar-refractivity contribution in [2.45, 2.75) is 18.9 Å². The zero-order chi connectivity index (χ0) is 20.8. The lowest BCUT2D eigenvalue weighted by atomic mass is 10.2. The van der Waals surface area contributed by atoms with Gasteiger partial charge in [-0.1, -0.05) is 6.07 Å². The summed E-state index contributed by atoms with van der Waals surface area (Å²) >= 11 is 1.37. The molecule has 154 valence electrons. The third-order valence-electron chi connectivity index (χ3n) is 4.62. The second-order valence-electron chi connectivity index (χ2n) is 6.82. The van der Waals surface area contributed by atoms with Crippen LogP contribution in [-0.4, -0.2) is 31.2 Å². The van der Waals surface area contributed by atoms with E-state index < -0.39 is 5.97 Å². The zero-order valence-corrected chi connectivity index (χ0v) is 17.0. The van der Waals surface area contributed by atoms with Crippen LogP contribution in [0.4, 0.5) is 5.69 Å². The lowest BCUT2D eigenvalue weighted by Crippen LogP contribution is -2.16. The molecule has 7 heteroatoms. The first kappa shape index (κ1) is 20.1. The highest BCUT2D eigenvalue weighted by molar-refractivity contribution is 7.12. The Labute approximate surface area is 178 Å². The van der Waals surface area contributed by atoms with Gasteiger partial charge in [0.25, 0.3) is 5.91 Å². The molecule has 1 aliphatic rings. The molecular formula is C23H21NO5S. The van der Waals surface area contributed by atoms with Crippen LogP contribution in [0.5, 0.6) is 11.5 Å². The van der Waals surface area contributed by atoms with E-state index in [1.165, 1.54) is 11.3 Å². The van der Waals surface area contributed by atoms with Crippen molar-refractivity contribution in [3.05, 3.63) is 76.5 Å². The van der Waals surface area contributed by atoms with Gasteiger partial charge in [0, 0.05) is 12.3 Å². The van der Waals surface area contributed by atoms with Crippen LogP contribution < -0.4 is 14.8 Å². The van der Waals surface area contributed by atoms with Gasteiger partial charge in [-0.2, -0.15) is 0 Å². The summed E-state index contributed by atoms with van der Waals surface area (Å²) in [6.07, 6.45) is 2.23. The molecule has 0 aliphatic carbocycles.